The number of hydrogen-bond acceptors (Lipinski definition) is 6. The van der Waals surface area contributed by atoms with Crippen LogP contribution in [0.5, 0.6) is 0 Å². The molecule has 2 aliphatic heterocycles. The molecule has 0 radical (unpaired) electrons. The van der Waals surface area contributed by atoms with E-state index in [0.717, 1.165) is 16.8 Å². The summed E-state index contributed by atoms with van der Waals surface area (Å²) in [6, 6.07) is 11.6. The molecule has 3 amide bonds. The molecule has 198 valence electrons. The van der Waals surface area contributed by atoms with E-state index in [1.54, 1.807) is 11.8 Å². The second-order valence-corrected chi connectivity index (χ2v) is 9.86. The standard InChI is InChI=1S/C28H26FN7O3/c1-15(37)36-9-7-28(8-10-36)18-5-3-16(11-21(18)35-27(28)39)20-13-23-24(32-14-31-23)25(33-20)34-22-12-17(26(38)30-2)4-6-19(22)29/h3-6,11-14H,7-10H2,1-2H3,(H,30,38)(H,31,32)(H,33,34)(H,35,39). The zero-order valence-electron chi connectivity index (χ0n) is 21.4. The summed E-state index contributed by atoms with van der Waals surface area (Å²) in [6.07, 6.45) is 2.66. The van der Waals surface area contributed by atoms with Gasteiger partial charge in [-0.15, -0.1) is 0 Å². The monoisotopic (exact) mass is 527 g/mol. The van der Waals surface area contributed by atoms with Crippen molar-refractivity contribution in [1.82, 2.24) is 25.2 Å². The summed E-state index contributed by atoms with van der Waals surface area (Å²) in [7, 11) is 1.51. The Hall–Kier alpha value is -4.80. The molecule has 1 spiro atoms. The van der Waals surface area contributed by atoms with E-state index in [4.69, 9.17) is 4.98 Å². The van der Waals surface area contributed by atoms with E-state index in [1.165, 1.54) is 31.6 Å². The molecule has 2 aromatic carbocycles. The van der Waals surface area contributed by atoms with Gasteiger partial charge >= 0.3 is 0 Å². The number of piperidine rings is 1. The lowest BCUT2D eigenvalue weighted by atomic mass is 9.73. The summed E-state index contributed by atoms with van der Waals surface area (Å²) < 4.78 is 14.7. The third-order valence-corrected chi connectivity index (χ3v) is 7.69. The van der Waals surface area contributed by atoms with Crippen LogP contribution in [-0.2, 0) is 15.0 Å². The molecule has 11 heteroatoms. The van der Waals surface area contributed by atoms with E-state index in [1.807, 2.05) is 24.3 Å². The van der Waals surface area contributed by atoms with Gasteiger partial charge in [0.05, 0.1) is 28.6 Å². The number of anilines is 3. The molecule has 2 aromatic heterocycles. The van der Waals surface area contributed by atoms with E-state index in [9.17, 15) is 18.8 Å². The Balaban J connectivity index is 1.36. The van der Waals surface area contributed by atoms with Crippen LogP contribution < -0.4 is 16.0 Å². The predicted octanol–water partition coefficient (Wildman–Crippen LogP) is 3.70. The molecule has 39 heavy (non-hydrogen) atoms. The van der Waals surface area contributed by atoms with Crippen molar-refractivity contribution in [3.05, 3.63) is 65.7 Å². The second kappa shape index (κ2) is 9.19. The summed E-state index contributed by atoms with van der Waals surface area (Å²) in [5.74, 6) is -0.601. The number of benzene rings is 2. The van der Waals surface area contributed by atoms with Crippen LogP contribution in [0.1, 0.15) is 35.7 Å². The Bertz CT molecular complexity index is 1660. The lowest BCUT2D eigenvalue weighted by Gasteiger charge is -2.37. The molecule has 10 nitrogen and oxygen atoms in total. The lowest BCUT2D eigenvalue weighted by Crippen LogP contribution is -2.47. The second-order valence-electron chi connectivity index (χ2n) is 9.86. The third kappa shape index (κ3) is 4.06. The molecule has 1 saturated heterocycles. The van der Waals surface area contributed by atoms with Gasteiger partial charge in [-0.2, -0.15) is 0 Å². The van der Waals surface area contributed by atoms with Gasteiger partial charge in [0, 0.05) is 43.9 Å². The van der Waals surface area contributed by atoms with Crippen molar-refractivity contribution in [1.29, 1.82) is 0 Å². The van der Waals surface area contributed by atoms with Gasteiger partial charge < -0.3 is 25.8 Å². The first kappa shape index (κ1) is 24.5. The average Bonchev–Trinajstić information content (AvgIpc) is 3.52. The van der Waals surface area contributed by atoms with Crippen molar-refractivity contribution in [2.75, 3.05) is 30.8 Å². The number of aromatic nitrogens is 3. The average molecular weight is 528 g/mol. The number of halogens is 1. The van der Waals surface area contributed by atoms with Gasteiger partial charge in [0.15, 0.2) is 5.82 Å². The van der Waals surface area contributed by atoms with Crippen LogP contribution in [0, 0.1) is 5.82 Å². The zero-order chi connectivity index (χ0) is 27.3. The Kier molecular flexibility index (Phi) is 5.78. The number of H-pyrrole nitrogens is 1. The van der Waals surface area contributed by atoms with Crippen molar-refractivity contribution in [2.45, 2.75) is 25.2 Å². The summed E-state index contributed by atoms with van der Waals surface area (Å²) in [5.41, 5.74) is 3.91. The van der Waals surface area contributed by atoms with Crippen molar-refractivity contribution >= 4 is 45.9 Å². The van der Waals surface area contributed by atoms with E-state index in [2.05, 4.69) is 25.9 Å². The van der Waals surface area contributed by atoms with Gasteiger partial charge in [0.25, 0.3) is 5.91 Å². The Morgan fingerprint density at radius 1 is 1.10 bits per heavy atom. The summed E-state index contributed by atoms with van der Waals surface area (Å²) in [5, 5.41) is 8.57. The van der Waals surface area contributed by atoms with Crippen molar-refractivity contribution in [3.8, 4) is 11.3 Å². The topological polar surface area (TPSA) is 132 Å². The van der Waals surface area contributed by atoms with Crippen LogP contribution in [0.15, 0.2) is 48.8 Å². The van der Waals surface area contributed by atoms with E-state index >= 15 is 0 Å². The Morgan fingerprint density at radius 2 is 1.90 bits per heavy atom. The maximum absolute atomic E-state index is 14.7. The van der Waals surface area contributed by atoms with Crippen LogP contribution in [0.25, 0.3) is 22.3 Å². The van der Waals surface area contributed by atoms with E-state index in [-0.39, 0.29) is 23.4 Å². The van der Waals surface area contributed by atoms with Crippen molar-refractivity contribution in [3.63, 3.8) is 0 Å². The third-order valence-electron chi connectivity index (χ3n) is 7.69. The number of nitrogens with one attached hydrogen (secondary N) is 4. The SMILES string of the molecule is CNC(=O)c1ccc(F)c(Nc2nc(-c3ccc4c(c3)NC(=O)C43CCN(C(C)=O)CC3)cc3[nH]cnc23)c1. The highest BCUT2D eigenvalue weighted by Gasteiger charge is 2.48. The van der Waals surface area contributed by atoms with E-state index < -0.39 is 11.2 Å². The molecule has 4 N–H and O–H groups in total. The molecule has 6 rings (SSSR count). The fourth-order valence-corrected chi connectivity index (χ4v) is 5.50. The number of carbonyl (C=O) groups is 3. The Labute approximate surface area is 223 Å². The lowest BCUT2D eigenvalue weighted by molar-refractivity contribution is -0.133. The molecule has 4 aromatic rings. The number of nitrogens with zero attached hydrogens (tertiary/aromatic N) is 3. The molecule has 1 fully saturated rings. The molecular weight excluding hydrogens is 501 g/mol. The van der Waals surface area contributed by atoms with Crippen LogP contribution >= 0.6 is 0 Å². The number of likely N-dealkylation sites (tertiary alicyclic amines) is 1. The first-order valence-electron chi connectivity index (χ1n) is 12.6. The molecule has 0 saturated carbocycles. The largest absolute Gasteiger partial charge is 0.355 e. The molecule has 4 heterocycles. The minimum atomic E-state index is -0.652. The number of imidazole rings is 1. The fraction of sp³-hybridized carbons (Fsp3) is 0.250. The van der Waals surface area contributed by atoms with Gasteiger partial charge in [-0.3, -0.25) is 14.4 Å². The maximum Gasteiger partial charge on any atom is 0.251 e. The minimum Gasteiger partial charge on any atom is -0.355 e. The molecule has 0 unspecified atom stereocenters. The highest BCUT2D eigenvalue weighted by molar-refractivity contribution is 6.07. The molecule has 0 atom stereocenters. The number of aromatic amines is 1. The quantitative estimate of drug-likeness (QED) is 0.320. The van der Waals surface area contributed by atoms with Gasteiger partial charge in [0.2, 0.25) is 11.8 Å². The van der Waals surface area contributed by atoms with Crippen molar-refractivity contribution < 1.29 is 18.8 Å². The summed E-state index contributed by atoms with van der Waals surface area (Å²) in [4.78, 5) is 50.9. The number of fused-ring (bicyclic) bond motifs is 3. The number of carbonyl (C=O) groups excluding carboxylic acids is 3. The fourth-order valence-electron chi connectivity index (χ4n) is 5.50. The van der Waals surface area contributed by atoms with Crippen LogP contribution in [0.3, 0.4) is 0 Å². The number of pyridine rings is 1. The maximum atomic E-state index is 14.7. The Morgan fingerprint density at radius 3 is 2.64 bits per heavy atom. The first-order chi connectivity index (χ1) is 18.8. The highest BCUT2D eigenvalue weighted by Crippen LogP contribution is 2.46. The zero-order valence-corrected chi connectivity index (χ0v) is 21.4. The normalized spacial score (nSPS) is 15.8. The first-order valence-corrected chi connectivity index (χ1v) is 12.6. The summed E-state index contributed by atoms with van der Waals surface area (Å²) >= 11 is 0. The molecular formula is C28H26FN7O3. The number of rotatable bonds is 4. The highest BCUT2D eigenvalue weighted by atomic mass is 19.1. The minimum absolute atomic E-state index is 0.0174. The predicted molar refractivity (Wildman–Crippen MR) is 144 cm³/mol. The van der Waals surface area contributed by atoms with E-state index in [0.29, 0.717) is 54.0 Å². The van der Waals surface area contributed by atoms with Gasteiger partial charge in [-0.25, -0.2) is 14.4 Å². The number of amides is 3. The smallest absolute Gasteiger partial charge is 0.251 e. The van der Waals surface area contributed by atoms with Gasteiger partial charge in [0.1, 0.15) is 11.3 Å². The molecule has 2 aliphatic rings. The van der Waals surface area contributed by atoms with Crippen molar-refractivity contribution in [2.24, 2.45) is 0 Å². The van der Waals surface area contributed by atoms with Crippen LogP contribution in [-0.4, -0.2) is 57.7 Å². The van der Waals surface area contributed by atoms with Crippen LogP contribution in [0.2, 0.25) is 0 Å². The van der Waals surface area contributed by atoms with Gasteiger partial charge in [-0.1, -0.05) is 12.1 Å². The molecule has 0 bridgehead atoms. The molecule has 0 aliphatic carbocycles. The summed E-state index contributed by atoms with van der Waals surface area (Å²) in [6.45, 7) is 2.62. The van der Waals surface area contributed by atoms with Crippen LogP contribution in [0.4, 0.5) is 21.6 Å². The van der Waals surface area contributed by atoms with Gasteiger partial charge in [-0.05, 0) is 48.7 Å². The number of hydrogen-bond donors (Lipinski definition) is 4.